The van der Waals surface area contributed by atoms with Gasteiger partial charge >= 0.3 is 0 Å². The van der Waals surface area contributed by atoms with Crippen LogP contribution in [0.5, 0.6) is 0 Å². The normalized spacial score (nSPS) is 11.2. The first kappa shape index (κ1) is 17.0. The zero-order chi connectivity index (χ0) is 16.7. The number of carbonyl (C=O) groups is 1. The number of nitrogens with zero attached hydrogens (tertiary/aromatic N) is 1. The largest absolute Gasteiger partial charge is 0.349 e. The molecule has 2 rings (SSSR count). The van der Waals surface area contributed by atoms with E-state index in [0.717, 1.165) is 0 Å². The quantitative estimate of drug-likeness (QED) is 0.788. The third kappa shape index (κ3) is 6.13. The summed E-state index contributed by atoms with van der Waals surface area (Å²) in [6.45, 7) is -0.143. The van der Waals surface area contributed by atoms with Crippen molar-refractivity contribution in [2.75, 3.05) is 6.54 Å². The third-order valence-electron chi connectivity index (χ3n) is 2.92. The highest BCUT2D eigenvalue weighted by molar-refractivity contribution is 7.88. The third-order valence-corrected chi connectivity index (χ3v) is 4.21. The maximum absolute atomic E-state index is 12.8. The highest BCUT2D eigenvalue weighted by Crippen LogP contribution is 2.06. The van der Waals surface area contributed by atoms with Crippen molar-refractivity contribution in [1.82, 2.24) is 15.0 Å². The van der Waals surface area contributed by atoms with Crippen LogP contribution in [0.15, 0.2) is 48.7 Å². The fourth-order valence-corrected chi connectivity index (χ4v) is 2.87. The van der Waals surface area contributed by atoms with Crippen LogP contribution in [0.25, 0.3) is 0 Å². The van der Waals surface area contributed by atoms with Crippen LogP contribution >= 0.6 is 0 Å². The predicted molar refractivity (Wildman–Crippen MR) is 83.1 cm³/mol. The number of benzene rings is 1. The van der Waals surface area contributed by atoms with E-state index in [0.29, 0.717) is 11.3 Å². The monoisotopic (exact) mass is 337 g/mol. The number of amides is 1. The van der Waals surface area contributed by atoms with Crippen LogP contribution in [-0.4, -0.2) is 25.9 Å². The van der Waals surface area contributed by atoms with Crippen molar-refractivity contribution in [3.63, 3.8) is 0 Å². The molecule has 0 aliphatic rings. The molecule has 6 nitrogen and oxygen atoms in total. The second kappa shape index (κ2) is 7.80. The molecule has 0 spiro atoms. The summed E-state index contributed by atoms with van der Waals surface area (Å²) in [6, 6.07) is 10.4. The number of hydrogen-bond donors (Lipinski definition) is 2. The number of halogens is 1. The Morgan fingerprint density at radius 2 is 1.87 bits per heavy atom. The van der Waals surface area contributed by atoms with Crippen LogP contribution in [0.4, 0.5) is 4.39 Å². The molecule has 0 radical (unpaired) electrons. The highest BCUT2D eigenvalue weighted by Gasteiger charge is 2.13. The van der Waals surface area contributed by atoms with Crippen LogP contribution in [0.1, 0.15) is 11.3 Å². The Balaban J connectivity index is 1.79. The first-order valence-corrected chi connectivity index (χ1v) is 8.48. The predicted octanol–water partition coefficient (Wildman–Crippen LogP) is 0.956. The topological polar surface area (TPSA) is 88.2 Å². The van der Waals surface area contributed by atoms with Gasteiger partial charge in [-0.25, -0.2) is 17.5 Å². The van der Waals surface area contributed by atoms with E-state index in [2.05, 4.69) is 15.0 Å². The van der Waals surface area contributed by atoms with Crippen molar-refractivity contribution >= 4 is 15.9 Å². The summed E-state index contributed by atoms with van der Waals surface area (Å²) in [7, 11) is -3.67. The standard InChI is InChI=1S/C15H16FN3O3S/c16-13-6-4-12(5-7-13)11-23(21,22)19-10-15(20)18-9-14-3-1-2-8-17-14/h1-8,19H,9-11H2,(H,18,20). The van der Waals surface area contributed by atoms with Crippen molar-refractivity contribution in [3.8, 4) is 0 Å². The Labute approximate surface area is 133 Å². The van der Waals surface area contributed by atoms with Crippen molar-refractivity contribution in [2.24, 2.45) is 0 Å². The van der Waals surface area contributed by atoms with Crippen molar-refractivity contribution in [2.45, 2.75) is 12.3 Å². The molecule has 1 aromatic heterocycles. The van der Waals surface area contributed by atoms with E-state index in [1.165, 1.54) is 24.3 Å². The first-order chi connectivity index (χ1) is 10.9. The lowest BCUT2D eigenvalue weighted by Crippen LogP contribution is -2.37. The highest BCUT2D eigenvalue weighted by atomic mass is 32.2. The maximum Gasteiger partial charge on any atom is 0.235 e. The van der Waals surface area contributed by atoms with Gasteiger partial charge in [0.25, 0.3) is 0 Å². The minimum atomic E-state index is -3.67. The van der Waals surface area contributed by atoms with Gasteiger partial charge in [-0.1, -0.05) is 18.2 Å². The molecule has 2 N–H and O–H groups in total. The molecule has 122 valence electrons. The van der Waals surface area contributed by atoms with Gasteiger partial charge in [-0.2, -0.15) is 0 Å². The Kier molecular flexibility index (Phi) is 5.78. The smallest absolute Gasteiger partial charge is 0.235 e. The molecule has 0 unspecified atom stereocenters. The summed E-state index contributed by atoms with van der Waals surface area (Å²) in [5.74, 6) is -1.22. The molecule has 0 aliphatic carbocycles. The van der Waals surface area contributed by atoms with Gasteiger partial charge in [0.2, 0.25) is 15.9 Å². The second-order valence-corrected chi connectivity index (χ2v) is 6.61. The van der Waals surface area contributed by atoms with E-state index in [1.54, 1.807) is 24.4 Å². The van der Waals surface area contributed by atoms with Crippen LogP contribution in [0.2, 0.25) is 0 Å². The van der Waals surface area contributed by atoms with E-state index in [-0.39, 0.29) is 18.8 Å². The maximum atomic E-state index is 12.8. The molecule has 23 heavy (non-hydrogen) atoms. The van der Waals surface area contributed by atoms with E-state index in [9.17, 15) is 17.6 Å². The molecule has 0 fully saturated rings. The molecular weight excluding hydrogens is 321 g/mol. The number of aromatic nitrogens is 1. The molecule has 0 saturated heterocycles. The van der Waals surface area contributed by atoms with Crippen LogP contribution in [-0.2, 0) is 27.1 Å². The Morgan fingerprint density at radius 1 is 1.13 bits per heavy atom. The van der Waals surface area contributed by atoms with Gasteiger partial charge in [0.1, 0.15) is 5.82 Å². The number of rotatable bonds is 7. The minimum absolute atomic E-state index is 0.222. The second-order valence-electron chi connectivity index (χ2n) is 4.80. The van der Waals surface area contributed by atoms with Crippen LogP contribution < -0.4 is 10.0 Å². The molecule has 1 amide bonds. The zero-order valence-corrected chi connectivity index (χ0v) is 13.0. The molecule has 0 atom stereocenters. The van der Waals surface area contributed by atoms with Gasteiger partial charge in [-0.3, -0.25) is 9.78 Å². The number of hydrogen-bond acceptors (Lipinski definition) is 4. The first-order valence-electron chi connectivity index (χ1n) is 6.83. The van der Waals surface area contributed by atoms with Crippen LogP contribution in [0.3, 0.4) is 0 Å². The average Bonchev–Trinajstić information content (AvgIpc) is 2.54. The lowest BCUT2D eigenvalue weighted by molar-refractivity contribution is -0.120. The molecule has 0 saturated carbocycles. The number of sulfonamides is 1. The molecule has 0 aliphatic heterocycles. The summed E-state index contributed by atoms with van der Waals surface area (Å²) in [5.41, 5.74) is 1.11. The average molecular weight is 337 g/mol. The zero-order valence-electron chi connectivity index (χ0n) is 12.2. The lowest BCUT2D eigenvalue weighted by Gasteiger charge is -2.08. The Morgan fingerprint density at radius 3 is 2.52 bits per heavy atom. The Bertz CT molecular complexity index is 749. The van der Waals surface area contributed by atoms with Crippen molar-refractivity contribution in [3.05, 3.63) is 65.7 Å². The molecule has 8 heteroatoms. The lowest BCUT2D eigenvalue weighted by atomic mass is 10.2. The summed E-state index contributed by atoms with van der Waals surface area (Å²) in [4.78, 5) is 15.7. The number of pyridine rings is 1. The molecular formula is C15H16FN3O3S. The molecule has 0 bridgehead atoms. The van der Waals surface area contributed by atoms with Crippen molar-refractivity contribution < 1.29 is 17.6 Å². The fourth-order valence-electron chi connectivity index (χ4n) is 1.78. The molecule has 2 aromatic rings. The van der Waals surface area contributed by atoms with Gasteiger partial charge < -0.3 is 5.32 Å². The van der Waals surface area contributed by atoms with E-state index in [1.807, 2.05) is 0 Å². The SMILES string of the molecule is O=C(CNS(=O)(=O)Cc1ccc(F)cc1)NCc1ccccn1. The Hall–Kier alpha value is -2.32. The van der Waals surface area contributed by atoms with Gasteiger partial charge in [-0.05, 0) is 29.8 Å². The summed E-state index contributed by atoms with van der Waals surface area (Å²) in [5, 5.41) is 2.56. The van der Waals surface area contributed by atoms with Crippen LogP contribution in [0, 0.1) is 5.82 Å². The summed E-state index contributed by atoms with van der Waals surface area (Å²) < 4.78 is 38.7. The molecule has 1 aromatic carbocycles. The van der Waals surface area contributed by atoms with Gasteiger partial charge in [0.05, 0.1) is 24.5 Å². The van der Waals surface area contributed by atoms with Gasteiger partial charge in [0, 0.05) is 6.20 Å². The van der Waals surface area contributed by atoms with E-state index >= 15 is 0 Å². The summed E-state index contributed by atoms with van der Waals surface area (Å²) >= 11 is 0. The fraction of sp³-hybridized carbons (Fsp3) is 0.200. The molecule has 1 heterocycles. The summed E-state index contributed by atoms with van der Waals surface area (Å²) in [6.07, 6.45) is 1.60. The van der Waals surface area contributed by atoms with Gasteiger partial charge in [0.15, 0.2) is 0 Å². The minimum Gasteiger partial charge on any atom is -0.349 e. The van der Waals surface area contributed by atoms with E-state index < -0.39 is 21.7 Å². The van der Waals surface area contributed by atoms with Gasteiger partial charge in [-0.15, -0.1) is 0 Å². The van der Waals surface area contributed by atoms with Crippen molar-refractivity contribution in [1.29, 1.82) is 0 Å². The number of carbonyl (C=O) groups excluding carboxylic acids is 1. The van der Waals surface area contributed by atoms with E-state index in [4.69, 9.17) is 0 Å². The number of nitrogens with one attached hydrogen (secondary N) is 2.